The molecule has 0 aliphatic rings. The number of aliphatic hydroxyl groups is 1. The predicted octanol–water partition coefficient (Wildman–Crippen LogP) is 1.94. The van der Waals surface area contributed by atoms with Crippen molar-refractivity contribution in [2.75, 3.05) is 13.2 Å². The largest absolute Gasteiger partial charge is 0.396 e. The maximum Gasteiger partial charge on any atom is 0.250 e. The van der Waals surface area contributed by atoms with E-state index in [2.05, 4.69) is 4.72 Å². The second-order valence-electron chi connectivity index (χ2n) is 4.47. The van der Waals surface area contributed by atoms with Crippen molar-refractivity contribution in [1.82, 2.24) is 4.72 Å². The van der Waals surface area contributed by atoms with E-state index in [9.17, 15) is 12.8 Å². The van der Waals surface area contributed by atoms with Crippen molar-refractivity contribution in [3.63, 3.8) is 0 Å². The Morgan fingerprint density at radius 1 is 1.10 bits per heavy atom. The number of hydrogen-bond acceptors (Lipinski definition) is 4. The van der Waals surface area contributed by atoms with Crippen LogP contribution in [0.3, 0.4) is 0 Å². The summed E-state index contributed by atoms with van der Waals surface area (Å²) >= 11 is 1.15. The molecule has 21 heavy (non-hydrogen) atoms. The number of thiophene rings is 1. The van der Waals surface area contributed by atoms with E-state index >= 15 is 0 Å². The van der Waals surface area contributed by atoms with Crippen molar-refractivity contribution in [3.8, 4) is 0 Å². The molecule has 0 aliphatic carbocycles. The van der Waals surface area contributed by atoms with Crippen molar-refractivity contribution in [2.45, 2.75) is 17.1 Å². The zero-order chi connectivity index (χ0) is 15.3. The third kappa shape index (κ3) is 4.60. The quantitative estimate of drug-likeness (QED) is 0.816. The summed E-state index contributed by atoms with van der Waals surface area (Å²) < 4.78 is 39.7. The first-order valence-corrected chi connectivity index (χ1v) is 8.75. The van der Waals surface area contributed by atoms with Gasteiger partial charge in [-0.05, 0) is 36.2 Å². The summed E-state index contributed by atoms with van der Waals surface area (Å²) in [6, 6.07) is 9.21. The van der Waals surface area contributed by atoms with Gasteiger partial charge in [0.15, 0.2) is 0 Å². The Kier molecular flexibility index (Phi) is 5.46. The lowest BCUT2D eigenvalue weighted by molar-refractivity contribution is 0.300. The van der Waals surface area contributed by atoms with Crippen LogP contribution in [0.5, 0.6) is 0 Å². The van der Waals surface area contributed by atoms with Crippen LogP contribution in [0.25, 0.3) is 0 Å². The van der Waals surface area contributed by atoms with E-state index in [-0.39, 0.29) is 23.2 Å². The fourth-order valence-corrected chi connectivity index (χ4v) is 4.22. The minimum Gasteiger partial charge on any atom is -0.396 e. The van der Waals surface area contributed by atoms with Crippen molar-refractivity contribution in [1.29, 1.82) is 0 Å². The fourth-order valence-electron chi connectivity index (χ4n) is 1.80. The van der Waals surface area contributed by atoms with Crippen LogP contribution in [-0.4, -0.2) is 26.7 Å². The minimum atomic E-state index is -3.52. The molecule has 1 aromatic carbocycles. The lowest BCUT2D eigenvalue weighted by Crippen LogP contribution is -2.25. The molecule has 4 nitrogen and oxygen atoms in total. The van der Waals surface area contributed by atoms with Gasteiger partial charge in [-0.15, -0.1) is 11.3 Å². The van der Waals surface area contributed by atoms with Gasteiger partial charge in [-0.25, -0.2) is 17.5 Å². The van der Waals surface area contributed by atoms with E-state index < -0.39 is 10.0 Å². The van der Waals surface area contributed by atoms with Gasteiger partial charge in [0, 0.05) is 24.4 Å². The van der Waals surface area contributed by atoms with Crippen LogP contribution in [0.15, 0.2) is 40.6 Å². The van der Waals surface area contributed by atoms with Gasteiger partial charge >= 0.3 is 0 Å². The summed E-state index contributed by atoms with van der Waals surface area (Å²) in [7, 11) is -3.52. The summed E-state index contributed by atoms with van der Waals surface area (Å²) in [6.07, 6.45) is 0.949. The molecule has 2 aromatic rings. The third-order valence-corrected chi connectivity index (χ3v) is 5.98. The first-order valence-electron chi connectivity index (χ1n) is 6.45. The van der Waals surface area contributed by atoms with Crippen molar-refractivity contribution >= 4 is 21.4 Å². The number of nitrogens with one attached hydrogen (secondary N) is 1. The van der Waals surface area contributed by atoms with Crippen LogP contribution in [0.2, 0.25) is 0 Å². The van der Waals surface area contributed by atoms with Crippen LogP contribution in [0.4, 0.5) is 4.39 Å². The summed E-state index contributed by atoms with van der Waals surface area (Å²) in [4.78, 5) is 0.830. The Bertz CT molecular complexity index is 680. The number of halogens is 1. The molecule has 0 saturated heterocycles. The van der Waals surface area contributed by atoms with Crippen LogP contribution in [0.1, 0.15) is 10.4 Å². The molecule has 0 spiro atoms. The zero-order valence-electron chi connectivity index (χ0n) is 11.3. The molecule has 0 saturated carbocycles. The Morgan fingerprint density at radius 2 is 1.81 bits per heavy atom. The Morgan fingerprint density at radius 3 is 2.48 bits per heavy atom. The molecule has 2 rings (SSSR count). The third-order valence-electron chi connectivity index (χ3n) is 2.88. The van der Waals surface area contributed by atoms with Crippen molar-refractivity contribution in [2.24, 2.45) is 0 Å². The molecule has 0 amide bonds. The van der Waals surface area contributed by atoms with Gasteiger partial charge in [0.1, 0.15) is 10.0 Å². The predicted molar refractivity (Wildman–Crippen MR) is 80.4 cm³/mol. The number of benzene rings is 1. The van der Waals surface area contributed by atoms with Gasteiger partial charge in [0.25, 0.3) is 0 Å². The van der Waals surface area contributed by atoms with E-state index in [1.807, 2.05) is 0 Å². The number of sulfonamides is 1. The number of hydrogen-bond donors (Lipinski definition) is 2. The lowest BCUT2D eigenvalue weighted by Gasteiger charge is -2.05. The van der Waals surface area contributed by atoms with E-state index in [0.29, 0.717) is 12.8 Å². The smallest absolute Gasteiger partial charge is 0.250 e. The highest BCUT2D eigenvalue weighted by Crippen LogP contribution is 2.21. The van der Waals surface area contributed by atoms with Gasteiger partial charge in [0.05, 0.1) is 0 Å². The molecule has 1 heterocycles. The summed E-state index contributed by atoms with van der Waals surface area (Å²) in [5, 5.41) is 8.83. The average molecular weight is 329 g/mol. The normalized spacial score (nSPS) is 11.7. The molecule has 114 valence electrons. The van der Waals surface area contributed by atoms with Gasteiger partial charge in [0.2, 0.25) is 10.0 Å². The molecule has 2 N–H and O–H groups in total. The molecule has 0 unspecified atom stereocenters. The highest BCUT2D eigenvalue weighted by Gasteiger charge is 2.16. The van der Waals surface area contributed by atoms with Crippen LogP contribution >= 0.6 is 11.3 Å². The average Bonchev–Trinajstić information content (AvgIpc) is 2.91. The topological polar surface area (TPSA) is 66.4 Å². The fraction of sp³-hybridized carbons (Fsp3) is 0.286. The van der Waals surface area contributed by atoms with Crippen LogP contribution in [0, 0.1) is 5.82 Å². The van der Waals surface area contributed by atoms with Gasteiger partial charge in [-0.3, -0.25) is 0 Å². The van der Waals surface area contributed by atoms with Crippen molar-refractivity contribution < 1.29 is 17.9 Å². The van der Waals surface area contributed by atoms with Crippen LogP contribution in [-0.2, 0) is 22.9 Å². The van der Waals surface area contributed by atoms with E-state index in [1.165, 1.54) is 18.2 Å². The SMILES string of the molecule is O=S(=O)(NCCc1ccc(F)cc1)c1ccc(CCO)s1. The van der Waals surface area contributed by atoms with E-state index in [4.69, 9.17) is 5.11 Å². The second-order valence-corrected chi connectivity index (χ2v) is 7.63. The van der Waals surface area contributed by atoms with Gasteiger partial charge < -0.3 is 5.11 Å². The molecule has 0 fully saturated rings. The van der Waals surface area contributed by atoms with Crippen LogP contribution < -0.4 is 4.72 Å². The maximum atomic E-state index is 12.8. The standard InChI is InChI=1S/C14H16FNO3S2/c15-12-3-1-11(2-4-12)7-9-16-21(18,19)14-6-5-13(20-14)8-10-17/h1-6,16-17H,7-10H2. The zero-order valence-corrected chi connectivity index (χ0v) is 12.9. The lowest BCUT2D eigenvalue weighted by atomic mass is 10.1. The molecule has 7 heteroatoms. The molecule has 0 bridgehead atoms. The number of aliphatic hydroxyl groups excluding tert-OH is 1. The highest BCUT2D eigenvalue weighted by atomic mass is 32.2. The monoisotopic (exact) mass is 329 g/mol. The molecule has 0 radical (unpaired) electrons. The van der Waals surface area contributed by atoms with E-state index in [0.717, 1.165) is 21.8 Å². The van der Waals surface area contributed by atoms with Crippen molar-refractivity contribution in [3.05, 3.63) is 52.7 Å². The molecule has 1 aromatic heterocycles. The molecule has 0 aliphatic heterocycles. The van der Waals surface area contributed by atoms with Gasteiger partial charge in [-0.2, -0.15) is 0 Å². The summed E-state index contributed by atoms with van der Waals surface area (Å²) in [5.41, 5.74) is 0.867. The highest BCUT2D eigenvalue weighted by molar-refractivity contribution is 7.91. The Balaban J connectivity index is 1.92. The Hall–Kier alpha value is -1.28. The molecular weight excluding hydrogens is 313 g/mol. The Labute approximate surface area is 127 Å². The summed E-state index contributed by atoms with van der Waals surface area (Å²) in [5.74, 6) is -0.311. The summed E-state index contributed by atoms with van der Waals surface area (Å²) in [6.45, 7) is 0.249. The molecular formula is C14H16FNO3S2. The second kappa shape index (κ2) is 7.13. The first kappa shape index (κ1) is 16.1. The maximum absolute atomic E-state index is 12.8. The van der Waals surface area contributed by atoms with E-state index in [1.54, 1.807) is 18.2 Å². The van der Waals surface area contributed by atoms with Gasteiger partial charge in [-0.1, -0.05) is 12.1 Å². The minimum absolute atomic E-state index is 0.00199. The first-order chi connectivity index (χ1) is 10.0. The molecule has 0 atom stereocenters. The number of rotatable bonds is 7.